The van der Waals surface area contributed by atoms with E-state index in [2.05, 4.69) is 15.2 Å². The lowest BCUT2D eigenvalue weighted by molar-refractivity contribution is -0.137. The largest absolute Gasteiger partial charge is 0.417 e. The van der Waals surface area contributed by atoms with E-state index in [0.29, 0.717) is 12.4 Å². The third-order valence-electron chi connectivity index (χ3n) is 4.17. The summed E-state index contributed by atoms with van der Waals surface area (Å²) in [7, 11) is 4.10. The maximum absolute atomic E-state index is 12.5. The van der Waals surface area contributed by atoms with E-state index in [0.717, 1.165) is 25.1 Å². The third kappa shape index (κ3) is 3.23. The first-order valence-electron chi connectivity index (χ1n) is 6.78. The molecule has 1 saturated carbocycles. The minimum atomic E-state index is -4.33. The molecule has 0 amide bonds. The Labute approximate surface area is 117 Å². The highest BCUT2D eigenvalue weighted by atomic mass is 19.4. The van der Waals surface area contributed by atoms with Gasteiger partial charge in [-0.2, -0.15) is 13.2 Å². The normalized spacial score (nSPS) is 18.5. The predicted molar refractivity (Wildman–Crippen MR) is 72.6 cm³/mol. The van der Waals surface area contributed by atoms with Crippen molar-refractivity contribution in [1.29, 1.82) is 0 Å². The molecule has 0 aliphatic heterocycles. The second-order valence-electron chi connectivity index (χ2n) is 5.61. The summed E-state index contributed by atoms with van der Waals surface area (Å²) in [5, 5.41) is 3.17. The molecule has 0 spiro atoms. The molecular weight excluding hydrogens is 267 g/mol. The molecule has 1 aromatic heterocycles. The number of pyridine rings is 1. The van der Waals surface area contributed by atoms with Crippen LogP contribution in [0, 0.1) is 0 Å². The maximum atomic E-state index is 12.5. The lowest BCUT2D eigenvalue weighted by Crippen LogP contribution is -2.47. The summed E-state index contributed by atoms with van der Waals surface area (Å²) in [4.78, 5) is 6.05. The summed E-state index contributed by atoms with van der Waals surface area (Å²) in [6.45, 7) is 0.707. The molecule has 1 aliphatic carbocycles. The molecule has 20 heavy (non-hydrogen) atoms. The van der Waals surface area contributed by atoms with Gasteiger partial charge in [0.2, 0.25) is 0 Å². The number of hydrogen-bond donors (Lipinski definition) is 1. The summed E-state index contributed by atoms with van der Waals surface area (Å²) in [6.07, 6.45) is 1.14. The van der Waals surface area contributed by atoms with Crippen molar-refractivity contribution < 1.29 is 13.2 Å². The van der Waals surface area contributed by atoms with E-state index < -0.39 is 11.7 Å². The number of aromatic nitrogens is 1. The minimum absolute atomic E-state index is 0.0877. The van der Waals surface area contributed by atoms with Crippen molar-refractivity contribution in [2.24, 2.45) is 0 Å². The topological polar surface area (TPSA) is 28.2 Å². The lowest BCUT2D eigenvalue weighted by Gasteiger charge is -2.36. The van der Waals surface area contributed by atoms with Crippen LogP contribution in [0.2, 0.25) is 0 Å². The predicted octanol–water partition coefficient (Wildman–Crippen LogP) is 3.39. The van der Waals surface area contributed by atoms with Gasteiger partial charge in [0.1, 0.15) is 5.82 Å². The van der Waals surface area contributed by atoms with E-state index in [-0.39, 0.29) is 5.54 Å². The van der Waals surface area contributed by atoms with Gasteiger partial charge in [0.25, 0.3) is 0 Å². The molecule has 0 bridgehead atoms. The van der Waals surface area contributed by atoms with Crippen molar-refractivity contribution in [2.75, 3.05) is 26.0 Å². The van der Waals surface area contributed by atoms with Gasteiger partial charge in [-0.1, -0.05) is 12.8 Å². The SMILES string of the molecule is CN(C)C1(CNc2ccc(C(F)(F)F)cn2)CCCC1. The van der Waals surface area contributed by atoms with Crippen molar-refractivity contribution in [2.45, 2.75) is 37.4 Å². The van der Waals surface area contributed by atoms with Gasteiger partial charge in [-0.15, -0.1) is 0 Å². The van der Waals surface area contributed by atoms with Gasteiger partial charge in [0.15, 0.2) is 0 Å². The molecule has 0 unspecified atom stereocenters. The Morgan fingerprint density at radius 3 is 2.35 bits per heavy atom. The van der Waals surface area contributed by atoms with Gasteiger partial charge < -0.3 is 10.2 Å². The van der Waals surface area contributed by atoms with Crippen LogP contribution in [0.5, 0.6) is 0 Å². The van der Waals surface area contributed by atoms with Gasteiger partial charge in [-0.3, -0.25) is 0 Å². The Morgan fingerprint density at radius 2 is 1.90 bits per heavy atom. The zero-order chi connectivity index (χ0) is 14.8. The van der Waals surface area contributed by atoms with Gasteiger partial charge in [-0.05, 0) is 39.1 Å². The molecule has 6 heteroatoms. The Kier molecular flexibility index (Phi) is 4.22. The number of likely N-dealkylation sites (N-methyl/N-ethyl adjacent to an activating group) is 1. The number of hydrogen-bond acceptors (Lipinski definition) is 3. The zero-order valence-electron chi connectivity index (χ0n) is 11.8. The van der Waals surface area contributed by atoms with Gasteiger partial charge in [0, 0.05) is 18.3 Å². The van der Waals surface area contributed by atoms with Gasteiger partial charge >= 0.3 is 6.18 Å². The third-order valence-corrected chi connectivity index (χ3v) is 4.17. The summed E-state index contributed by atoms with van der Waals surface area (Å²) >= 11 is 0. The van der Waals surface area contributed by atoms with E-state index >= 15 is 0 Å². The molecule has 1 aromatic rings. The molecule has 112 valence electrons. The van der Waals surface area contributed by atoms with Crippen molar-refractivity contribution in [3.8, 4) is 0 Å². The standard InChI is InChI=1S/C14H20F3N3/c1-20(2)13(7-3-4-8-13)10-19-12-6-5-11(9-18-12)14(15,16)17/h5-6,9H,3-4,7-8,10H2,1-2H3,(H,18,19). The average Bonchev–Trinajstić information content (AvgIpc) is 2.86. The zero-order valence-corrected chi connectivity index (χ0v) is 11.8. The smallest absolute Gasteiger partial charge is 0.368 e. The van der Waals surface area contributed by atoms with Gasteiger partial charge in [0.05, 0.1) is 5.56 Å². The summed E-state index contributed by atoms with van der Waals surface area (Å²) < 4.78 is 37.4. The second kappa shape index (κ2) is 5.60. The van der Waals surface area contributed by atoms with E-state index in [1.165, 1.54) is 18.9 Å². The van der Waals surface area contributed by atoms with Crippen molar-refractivity contribution in [1.82, 2.24) is 9.88 Å². The van der Waals surface area contributed by atoms with Crippen LogP contribution in [0.3, 0.4) is 0 Å². The maximum Gasteiger partial charge on any atom is 0.417 e. The lowest BCUT2D eigenvalue weighted by atomic mass is 9.96. The van der Waals surface area contributed by atoms with E-state index in [4.69, 9.17) is 0 Å². The molecule has 1 fully saturated rings. The van der Waals surface area contributed by atoms with Crippen LogP contribution in [0.25, 0.3) is 0 Å². The molecule has 2 rings (SSSR count). The second-order valence-corrected chi connectivity index (χ2v) is 5.61. The van der Waals surface area contributed by atoms with Gasteiger partial charge in [-0.25, -0.2) is 4.98 Å². The van der Waals surface area contributed by atoms with Crippen molar-refractivity contribution in [3.05, 3.63) is 23.9 Å². The number of rotatable bonds is 4. The molecule has 1 N–H and O–H groups in total. The van der Waals surface area contributed by atoms with Crippen LogP contribution in [-0.4, -0.2) is 36.1 Å². The molecule has 0 aromatic carbocycles. The van der Waals surface area contributed by atoms with Crippen molar-refractivity contribution in [3.63, 3.8) is 0 Å². The molecule has 0 atom stereocenters. The minimum Gasteiger partial charge on any atom is -0.368 e. The van der Waals surface area contributed by atoms with Crippen LogP contribution in [0.4, 0.5) is 19.0 Å². The highest BCUT2D eigenvalue weighted by Gasteiger charge is 2.36. The molecule has 1 heterocycles. The Balaban J connectivity index is 2.00. The highest BCUT2D eigenvalue weighted by Crippen LogP contribution is 2.34. The van der Waals surface area contributed by atoms with E-state index in [1.54, 1.807) is 0 Å². The monoisotopic (exact) mass is 287 g/mol. The van der Waals surface area contributed by atoms with Crippen LogP contribution in [-0.2, 0) is 6.18 Å². The first-order valence-corrected chi connectivity index (χ1v) is 6.78. The number of nitrogens with one attached hydrogen (secondary N) is 1. The number of nitrogens with zero attached hydrogens (tertiary/aromatic N) is 2. The van der Waals surface area contributed by atoms with Crippen LogP contribution < -0.4 is 5.32 Å². The molecular formula is C14H20F3N3. The molecule has 3 nitrogen and oxygen atoms in total. The quantitative estimate of drug-likeness (QED) is 0.920. The van der Waals surface area contributed by atoms with Crippen LogP contribution in [0.1, 0.15) is 31.2 Å². The summed E-state index contributed by atoms with van der Waals surface area (Å²) in [6, 6.07) is 2.45. The fraction of sp³-hybridized carbons (Fsp3) is 0.643. The number of alkyl halides is 3. The summed E-state index contributed by atoms with van der Waals surface area (Å²) in [5.41, 5.74) is -0.629. The Hall–Kier alpha value is -1.30. The number of halogens is 3. The summed E-state index contributed by atoms with van der Waals surface area (Å²) in [5.74, 6) is 0.492. The molecule has 0 saturated heterocycles. The van der Waals surface area contributed by atoms with E-state index in [1.807, 2.05) is 14.1 Å². The Bertz CT molecular complexity index is 434. The van der Waals surface area contributed by atoms with Crippen molar-refractivity contribution >= 4 is 5.82 Å². The average molecular weight is 287 g/mol. The number of anilines is 1. The first-order chi connectivity index (χ1) is 9.33. The van der Waals surface area contributed by atoms with E-state index in [9.17, 15) is 13.2 Å². The van der Waals surface area contributed by atoms with Crippen LogP contribution in [0.15, 0.2) is 18.3 Å². The Morgan fingerprint density at radius 1 is 1.25 bits per heavy atom. The fourth-order valence-corrected chi connectivity index (χ4v) is 2.74. The molecule has 1 aliphatic rings. The molecule has 0 radical (unpaired) electrons. The van der Waals surface area contributed by atoms with Crippen LogP contribution >= 0.6 is 0 Å². The fourth-order valence-electron chi connectivity index (χ4n) is 2.74. The first kappa shape index (κ1) is 15.1. The highest BCUT2D eigenvalue weighted by molar-refractivity contribution is 5.37.